The molecule has 9 nitrogen and oxygen atoms in total. The summed E-state index contributed by atoms with van der Waals surface area (Å²) >= 11 is 1.60. The van der Waals surface area contributed by atoms with Gasteiger partial charge in [0.15, 0.2) is 11.4 Å². The molecule has 4 atom stereocenters. The predicted molar refractivity (Wildman–Crippen MR) is 177 cm³/mol. The Morgan fingerprint density at radius 3 is 2.17 bits per heavy atom. The summed E-state index contributed by atoms with van der Waals surface area (Å²) in [6.45, 7) is 2.33. The van der Waals surface area contributed by atoms with Gasteiger partial charge in [0, 0.05) is 24.3 Å². The smallest absolute Gasteiger partial charge is 0.261 e. The number of imide groups is 1. The van der Waals surface area contributed by atoms with Gasteiger partial charge in [-0.2, -0.15) is 0 Å². The monoisotopic (exact) mass is 646 g/mol. The van der Waals surface area contributed by atoms with E-state index in [-0.39, 0.29) is 43.1 Å². The fraction of sp³-hybridized carbons (Fsp3) is 0.243. The average Bonchev–Trinajstić information content (AvgIpc) is 3.63. The van der Waals surface area contributed by atoms with E-state index in [4.69, 9.17) is 9.47 Å². The van der Waals surface area contributed by atoms with Crippen LogP contribution in [0.2, 0.25) is 0 Å². The van der Waals surface area contributed by atoms with Gasteiger partial charge >= 0.3 is 0 Å². The van der Waals surface area contributed by atoms with Crippen molar-refractivity contribution in [3.05, 3.63) is 137 Å². The maximum absolute atomic E-state index is 12.9. The van der Waals surface area contributed by atoms with Crippen LogP contribution in [0.15, 0.2) is 109 Å². The van der Waals surface area contributed by atoms with Crippen LogP contribution >= 0.6 is 11.8 Å². The number of benzene rings is 4. The lowest BCUT2D eigenvalue weighted by atomic mass is 9.91. The van der Waals surface area contributed by atoms with Crippen molar-refractivity contribution in [2.45, 2.75) is 43.7 Å². The summed E-state index contributed by atoms with van der Waals surface area (Å²) < 4.78 is 15.1. The third kappa shape index (κ3) is 6.25. The molecule has 0 aliphatic carbocycles. The zero-order chi connectivity index (χ0) is 32.5. The number of hydrogen-bond acceptors (Lipinski definition) is 8. The molecule has 7 rings (SSSR count). The van der Waals surface area contributed by atoms with Crippen molar-refractivity contribution < 1.29 is 24.2 Å². The number of aliphatic hydroxyl groups excluding tert-OH is 1. The van der Waals surface area contributed by atoms with Gasteiger partial charge in [-0.05, 0) is 46.0 Å². The zero-order valence-electron chi connectivity index (χ0n) is 26.0. The summed E-state index contributed by atoms with van der Waals surface area (Å²) in [5.41, 5.74) is 6.51. The molecule has 0 bridgehead atoms. The zero-order valence-corrected chi connectivity index (χ0v) is 26.8. The van der Waals surface area contributed by atoms with Crippen molar-refractivity contribution in [1.29, 1.82) is 0 Å². The number of nitrogens with zero attached hydrogens (tertiary/aromatic N) is 4. The largest absolute Gasteiger partial charge is 0.392 e. The lowest BCUT2D eigenvalue weighted by Gasteiger charge is -2.41. The van der Waals surface area contributed by atoms with Crippen molar-refractivity contribution in [2.24, 2.45) is 13.0 Å². The SMILES string of the molecule is CC1C(CSc2nncn2C)OC(c2ccc(-c3cccc(CN4C(=O)c5ccccc5C4=O)c3)cc2)OC1c1ccc(CO)cc1. The third-order valence-corrected chi connectivity index (χ3v) is 9.96. The topological polar surface area (TPSA) is 107 Å². The van der Waals surface area contributed by atoms with E-state index in [0.29, 0.717) is 16.9 Å². The van der Waals surface area contributed by atoms with Gasteiger partial charge in [-0.25, -0.2) is 0 Å². The average molecular weight is 647 g/mol. The molecule has 0 saturated carbocycles. The molecule has 4 aromatic carbocycles. The summed E-state index contributed by atoms with van der Waals surface area (Å²) in [6, 6.07) is 30.8. The predicted octanol–water partition coefficient (Wildman–Crippen LogP) is 6.35. The Bertz CT molecular complexity index is 1870. The molecular formula is C37H34N4O5S. The van der Waals surface area contributed by atoms with Crippen LogP contribution in [0.25, 0.3) is 11.1 Å². The first kappa shape index (κ1) is 31.0. The molecule has 1 aromatic heterocycles. The highest BCUT2D eigenvalue weighted by molar-refractivity contribution is 7.99. The van der Waals surface area contributed by atoms with Gasteiger partial charge in [-0.15, -0.1) is 10.2 Å². The molecule has 0 radical (unpaired) electrons. The number of thioether (sulfide) groups is 1. The fourth-order valence-electron chi connectivity index (χ4n) is 6.12. The quantitative estimate of drug-likeness (QED) is 0.146. The second kappa shape index (κ2) is 13.2. The van der Waals surface area contributed by atoms with E-state index < -0.39 is 6.29 Å². The van der Waals surface area contributed by atoms with Crippen molar-refractivity contribution >= 4 is 23.6 Å². The van der Waals surface area contributed by atoms with E-state index in [2.05, 4.69) is 17.1 Å². The second-order valence-electron chi connectivity index (χ2n) is 11.9. The molecular weight excluding hydrogens is 612 g/mol. The third-order valence-electron chi connectivity index (χ3n) is 8.83. The van der Waals surface area contributed by atoms with Crippen LogP contribution in [0, 0.1) is 5.92 Å². The molecule has 5 aromatic rings. The van der Waals surface area contributed by atoms with E-state index in [1.807, 2.05) is 84.4 Å². The summed E-state index contributed by atoms with van der Waals surface area (Å²) in [5, 5.41) is 18.6. The van der Waals surface area contributed by atoms with Crippen LogP contribution in [0.1, 0.15) is 62.3 Å². The number of aryl methyl sites for hydroxylation is 1. The molecule has 238 valence electrons. The second-order valence-corrected chi connectivity index (χ2v) is 12.9. The van der Waals surface area contributed by atoms with E-state index >= 15 is 0 Å². The highest BCUT2D eigenvalue weighted by Crippen LogP contribution is 2.43. The number of rotatable bonds is 9. The summed E-state index contributed by atoms with van der Waals surface area (Å²) in [6.07, 6.45) is 0.752. The standard InChI is InChI=1S/C37H34N4O5S/c1-23-32(21-47-37-39-38-22-40(37)2)45-36(46-33(23)27-12-10-24(20-42)11-13-27)28-16-14-26(15-17-28)29-7-5-6-25(18-29)19-41-34(43)30-8-3-4-9-31(30)35(41)44/h3-18,22-23,32-33,36,42H,19-21H2,1-2H3. The van der Waals surface area contributed by atoms with Crippen LogP contribution in [0.3, 0.4) is 0 Å². The lowest BCUT2D eigenvalue weighted by molar-refractivity contribution is -0.268. The Morgan fingerprint density at radius 2 is 1.51 bits per heavy atom. The molecule has 1 fully saturated rings. The first-order chi connectivity index (χ1) is 22.9. The Morgan fingerprint density at radius 1 is 0.809 bits per heavy atom. The van der Waals surface area contributed by atoms with Gasteiger partial charge < -0.3 is 19.1 Å². The number of hydrogen-bond donors (Lipinski definition) is 1. The highest BCUT2D eigenvalue weighted by atomic mass is 32.2. The van der Waals surface area contributed by atoms with Crippen molar-refractivity contribution in [2.75, 3.05) is 5.75 Å². The van der Waals surface area contributed by atoms with Crippen molar-refractivity contribution in [1.82, 2.24) is 19.7 Å². The van der Waals surface area contributed by atoms with Crippen LogP contribution in [0.5, 0.6) is 0 Å². The highest BCUT2D eigenvalue weighted by Gasteiger charge is 2.39. The number of aliphatic hydroxyl groups is 1. The van der Waals surface area contributed by atoms with E-state index in [0.717, 1.165) is 38.5 Å². The first-order valence-corrected chi connectivity index (χ1v) is 16.5. The minimum absolute atomic E-state index is 0.0118. The minimum Gasteiger partial charge on any atom is -0.392 e. The molecule has 1 saturated heterocycles. The van der Waals surface area contributed by atoms with Crippen LogP contribution in [-0.4, -0.2) is 48.4 Å². The lowest BCUT2D eigenvalue weighted by Crippen LogP contribution is -2.38. The molecule has 0 spiro atoms. The minimum atomic E-state index is -0.590. The van der Waals surface area contributed by atoms with Gasteiger partial charge in [-0.3, -0.25) is 14.5 Å². The van der Waals surface area contributed by atoms with Crippen LogP contribution in [0.4, 0.5) is 0 Å². The molecule has 47 heavy (non-hydrogen) atoms. The van der Waals surface area contributed by atoms with Crippen molar-refractivity contribution in [3.8, 4) is 11.1 Å². The van der Waals surface area contributed by atoms with Crippen molar-refractivity contribution in [3.63, 3.8) is 0 Å². The fourth-order valence-corrected chi connectivity index (χ4v) is 7.17. The Kier molecular flexibility index (Phi) is 8.74. The molecule has 1 N–H and O–H groups in total. The molecule has 2 aliphatic rings. The van der Waals surface area contributed by atoms with Gasteiger partial charge in [0.2, 0.25) is 0 Å². The molecule has 2 aliphatic heterocycles. The van der Waals surface area contributed by atoms with Gasteiger partial charge in [-0.1, -0.05) is 97.5 Å². The van der Waals surface area contributed by atoms with Crippen LogP contribution < -0.4 is 0 Å². The Labute approximate surface area is 277 Å². The molecule has 3 heterocycles. The summed E-state index contributed by atoms with van der Waals surface area (Å²) in [5.74, 6) is 0.198. The molecule has 2 amide bonds. The molecule has 10 heteroatoms. The number of fused-ring (bicyclic) bond motifs is 1. The Hall–Kier alpha value is -4.61. The number of amides is 2. The maximum Gasteiger partial charge on any atom is 0.261 e. The normalized spacial score (nSPS) is 20.9. The van der Waals surface area contributed by atoms with Crippen LogP contribution in [-0.2, 0) is 29.7 Å². The summed E-state index contributed by atoms with van der Waals surface area (Å²) in [4.78, 5) is 27.1. The Balaban J connectivity index is 1.10. The first-order valence-electron chi connectivity index (χ1n) is 15.5. The summed E-state index contributed by atoms with van der Waals surface area (Å²) in [7, 11) is 1.92. The van der Waals surface area contributed by atoms with Gasteiger partial charge in [0.05, 0.1) is 36.5 Å². The van der Waals surface area contributed by atoms with E-state index in [9.17, 15) is 14.7 Å². The molecule has 4 unspecified atom stereocenters. The number of carbonyl (C=O) groups excluding carboxylic acids is 2. The number of carbonyl (C=O) groups is 2. The van der Waals surface area contributed by atoms with Gasteiger partial charge in [0.25, 0.3) is 11.8 Å². The van der Waals surface area contributed by atoms with E-state index in [1.165, 1.54) is 4.90 Å². The van der Waals surface area contributed by atoms with Gasteiger partial charge in [0.1, 0.15) is 6.33 Å². The number of ether oxygens (including phenoxy) is 2. The number of aromatic nitrogens is 3. The van der Waals surface area contributed by atoms with E-state index in [1.54, 1.807) is 42.4 Å². The maximum atomic E-state index is 12.9.